The van der Waals surface area contributed by atoms with E-state index in [-0.39, 0.29) is 12.5 Å². The number of carbonyl (C=O) groups excluding carboxylic acids is 1. The number of piperidine rings is 1. The lowest BCUT2D eigenvalue weighted by Gasteiger charge is -2.30. The van der Waals surface area contributed by atoms with E-state index in [1.807, 2.05) is 41.6 Å². The van der Waals surface area contributed by atoms with Crippen LogP contribution in [0.2, 0.25) is 0 Å². The van der Waals surface area contributed by atoms with Crippen LogP contribution in [-0.2, 0) is 9.53 Å². The summed E-state index contributed by atoms with van der Waals surface area (Å²) >= 11 is 0. The molecule has 2 fully saturated rings. The molecule has 0 radical (unpaired) electrons. The van der Waals surface area contributed by atoms with E-state index >= 15 is 0 Å². The second kappa shape index (κ2) is 8.78. The van der Waals surface area contributed by atoms with E-state index in [0.717, 1.165) is 63.4 Å². The van der Waals surface area contributed by atoms with Crippen molar-refractivity contribution < 1.29 is 14.3 Å². The Bertz CT molecular complexity index is 773. The average Bonchev–Trinajstić information content (AvgIpc) is 3.23. The molecule has 3 heterocycles. The van der Waals surface area contributed by atoms with Crippen LogP contribution in [0.5, 0.6) is 5.75 Å². The standard InChI is InChI=1S/C22H29N3O3/c1-17-6-11-24(12-7-17)21(26)16-28-20-4-2-18(3-5-20)22-23-10-13-25(22)19-8-14-27-15-9-19/h2-5,10,13,17,19H,6-9,11-12,14-16H2,1H3. The van der Waals surface area contributed by atoms with E-state index < -0.39 is 0 Å². The molecule has 28 heavy (non-hydrogen) atoms. The summed E-state index contributed by atoms with van der Waals surface area (Å²) in [6.07, 6.45) is 8.10. The van der Waals surface area contributed by atoms with Gasteiger partial charge in [0, 0.05) is 50.3 Å². The molecule has 0 bridgehead atoms. The molecule has 0 spiro atoms. The molecule has 6 heteroatoms. The van der Waals surface area contributed by atoms with Gasteiger partial charge < -0.3 is 18.9 Å². The van der Waals surface area contributed by atoms with Crippen molar-refractivity contribution in [2.45, 2.75) is 38.6 Å². The zero-order valence-electron chi connectivity index (χ0n) is 16.5. The van der Waals surface area contributed by atoms with Crippen LogP contribution < -0.4 is 4.74 Å². The minimum absolute atomic E-state index is 0.0750. The van der Waals surface area contributed by atoms with E-state index in [0.29, 0.717) is 17.7 Å². The average molecular weight is 383 g/mol. The Kier molecular flexibility index (Phi) is 5.95. The molecular weight excluding hydrogens is 354 g/mol. The highest BCUT2D eigenvalue weighted by Gasteiger charge is 2.21. The molecule has 2 saturated heterocycles. The van der Waals surface area contributed by atoms with Gasteiger partial charge in [-0.25, -0.2) is 4.98 Å². The number of carbonyl (C=O) groups is 1. The van der Waals surface area contributed by atoms with Gasteiger partial charge in [0.1, 0.15) is 11.6 Å². The fourth-order valence-corrected chi connectivity index (χ4v) is 3.99. The van der Waals surface area contributed by atoms with Gasteiger partial charge in [0.25, 0.3) is 5.91 Å². The van der Waals surface area contributed by atoms with Crippen LogP contribution in [0, 0.1) is 5.92 Å². The fraction of sp³-hybridized carbons (Fsp3) is 0.545. The van der Waals surface area contributed by atoms with Gasteiger partial charge in [-0.1, -0.05) is 6.92 Å². The molecule has 6 nitrogen and oxygen atoms in total. The van der Waals surface area contributed by atoms with Crippen molar-refractivity contribution in [3.8, 4) is 17.1 Å². The van der Waals surface area contributed by atoms with Crippen molar-refractivity contribution in [2.24, 2.45) is 5.92 Å². The third-order valence-electron chi connectivity index (χ3n) is 5.86. The Morgan fingerprint density at radius 1 is 1.14 bits per heavy atom. The predicted octanol–water partition coefficient (Wildman–Crippen LogP) is 3.54. The molecule has 150 valence electrons. The molecule has 0 N–H and O–H groups in total. The summed E-state index contributed by atoms with van der Waals surface area (Å²) in [5, 5.41) is 0. The van der Waals surface area contributed by atoms with Crippen molar-refractivity contribution in [2.75, 3.05) is 32.9 Å². The Balaban J connectivity index is 1.35. The topological polar surface area (TPSA) is 56.6 Å². The Hall–Kier alpha value is -2.34. The molecular formula is C22H29N3O3. The van der Waals surface area contributed by atoms with Gasteiger partial charge in [-0.05, 0) is 55.9 Å². The van der Waals surface area contributed by atoms with Gasteiger partial charge in [-0.3, -0.25) is 4.79 Å². The Morgan fingerprint density at radius 3 is 2.57 bits per heavy atom. The zero-order valence-corrected chi connectivity index (χ0v) is 16.5. The summed E-state index contributed by atoms with van der Waals surface area (Å²) in [5.41, 5.74) is 1.06. The first-order valence-electron chi connectivity index (χ1n) is 10.3. The molecule has 1 aromatic heterocycles. The van der Waals surface area contributed by atoms with Crippen LogP contribution in [0.3, 0.4) is 0 Å². The molecule has 2 aromatic rings. The van der Waals surface area contributed by atoms with Crippen molar-refractivity contribution in [1.82, 2.24) is 14.5 Å². The summed E-state index contributed by atoms with van der Waals surface area (Å²) < 4.78 is 13.5. The summed E-state index contributed by atoms with van der Waals surface area (Å²) in [6, 6.07) is 8.31. The van der Waals surface area contributed by atoms with E-state index in [2.05, 4.69) is 16.5 Å². The van der Waals surface area contributed by atoms with Crippen molar-refractivity contribution in [3.05, 3.63) is 36.7 Å². The number of nitrogens with zero attached hydrogens (tertiary/aromatic N) is 3. The molecule has 0 unspecified atom stereocenters. The van der Waals surface area contributed by atoms with Crippen molar-refractivity contribution in [1.29, 1.82) is 0 Å². The minimum Gasteiger partial charge on any atom is -0.484 e. The lowest BCUT2D eigenvalue weighted by atomic mass is 9.99. The van der Waals surface area contributed by atoms with Gasteiger partial charge in [0.15, 0.2) is 6.61 Å². The number of ether oxygens (including phenoxy) is 2. The van der Waals surface area contributed by atoms with Gasteiger partial charge in [0.05, 0.1) is 0 Å². The van der Waals surface area contributed by atoms with Crippen molar-refractivity contribution >= 4 is 5.91 Å². The predicted molar refractivity (Wildman–Crippen MR) is 107 cm³/mol. The first-order valence-corrected chi connectivity index (χ1v) is 10.3. The number of hydrogen-bond acceptors (Lipinski definition) is 4. The highest BCUT2D eigenvalue weighted by atomic mass is 16.5. The normalized spacial score (nSPS) is 19.0. The van der Waals surface area contributed by atoms with E-state index in [4.69, 9.17) is 9.47 Å². The molecule has 1 aromatic carbocycles. The third kappa shape index (κ3) is 4.38. The lowest BCUT2D eigenvalue weighted by Crippen LogP contribution is -2.40. The molecule has 4 rings (SSSR count). The third-order valence-corrected chi connectivity index (χ3v) is 5.86. The van der Waals surface area contributed by atoms with E-state index in [1.165, 1.54) is 0 Å². The molecule has 0 atom stereocenters. The maximum absolute atomic E-state index is 12.3. The van der Waals surface area contributed by atoms with E-state index in [1.54, 1.807) is 0 Å². The number of aromatic nitrogens is 2. The highest BCUT2D eigenvalue weighted by Crippen LogP contribution is 2.28. The minimum atomic E-state index is 0.0750. The fourth-order valence-electron chi connectivity index (χ4n) is 3.99. The second-order valence-electron chi connectivity index (χ2n) is 7.88. The first-order chi connectivity index (χ1) is 13.7. The monoisotopic (exact) mass is 383 g/mol. The summed E-state index contributed by atoms with van der Waals surface area (Å²) in [5.74, 6) is 2.47. The molecule has 0 saturated carbocycles. The number of rotatable bonds is 5. The maximum atomic E-state index is 12.3. The van der Waals surface area contributed by atoms with Crippen molar-refractivity contribution in [3.63, 3.8) is 0 Å². The zero-order chi connectivity index (χ0) is 19.3. The largest absolute Gasteiger partial charge is 0.484 e. The number of hydrogen-bond donors (Lipinski definition) is 0. The van der Waals surface area contributed by atoms with Crippen LogP contribution in [0.15, 0.2) is 36.7 Å². The molecule has 0 aliphatic carbocycles. The lowest BCUT2D eigenvalue weighted by molar-refractivity contribution is -0.134. The SMILES string of the molecule is CC1CCN(C(=O)COc2ccc(-c3nccn3C3CCOCC3)cc2)CC1. The quantitative estimate of drug-likeness (QED) is 0.792. The summed E-state index contributed by atoms with van der Waals surface area (Å²) in [6.45, 7) is 5.64. The highest BCUT2D eigenvalue weighted by molar-refractivity contribution is 5.77. The summed E-state index contributed by atoms with van der Waals surface area (Å²) in [7, 11) is 0. The number of benzene rings is 1. The van der Waals surface area contributed by atoms with Gasteiger partial charge >= 0.3 is 0 Å². The van der Waals surface area contributed by atoms with Crippen LogP contribution >= 0.6 is 0 Å². The van der Waals surface area contributed by atoms with E-state index in [9.17, 15) is 4.79 Å². The number of imidazole rings is 1. The molecule has 2 aliphatic heterocycles. The molecule has 1 amide bonds. The van der Waals surface area contributed by atoms with Crippen LogP contribution in [0.4, 0.5) is 0 Å². The van der Waals surface area contributed by atoms with Gasteiger partial charge in [0.2, 0.25) is 0 Å². The maximum Gasteiger partial charge on any atom is 0.260 e. The van der Waals surface area contributed by atoms with Crippen LogP contribution in [-0.4, -0.2) is 53.3 Å². The summed E-state index contributed by atoms with van der Waals surface area (Å²) in [4.78, 5) is 18.8. The Morgan fingerprint density at radius 2 is 1.86 bits per heavy atom. The smallest absolute Gasteiger partial charge is 0.260 e. The first kappa shape index (κ1) is 19.0. The van der Waals surface area contributed by atoms with Gasteiger partial charge in [-0.2, -0.15) is 0 Å². The number of likely N-dealkylation sites (tertiary alicyclic amines) is 1. The van der Waals surface area contributed by atoms with Crippen LogP contribution in [0.25, 0.3) is 11.4 Å². The van der Waals surface area contributed by atoms with Gasteiger partial charge in [-0.15, -0.1) is 0 Å². The second-order valence-corrected chi connectivity index (χ2v) is 7.88. The molecule has 2 aliphatic rings. The number of amides is 1. The Labute approximate surface area is 166 Å². The van der Waals surface area contributed by atoms with Crippen LogP contribution in [0.1, 0.15) is 38.6 Å².